The van der Waals surface area contributed by atoms with Crippen LogP contribution >= 0.6 is 0 Å². The van der Waals surface area contributed by atoms with Crippen LogP contribution in [-0.2, 0) is 4.79 Å². The fourth-order valence-corrected chi connectivity index (χ4v) is 1.02. The third-order valence-electron chi connectivity index (χ3n) is 1.82. The van der Waals surface area contributed by atoms with Crippen molar-refractivity contribution >= 4 is 18.0 Å². The Morgan fingerprint density at radius 3 is 2.53 bits per heavy atom. The number of carboxylic acids is 1. The van der Waals surface area contributed by atoms with E-state index in [1.54, 1.807) is 0 Å². The number of carbonyl (C=O) groups is 3. The summed E-state index contributed by atoms with van der Waals surface area (Å²) in [6, 6.07) is 5.78. The van der Waals surface area contributed by atoms with Crippen LogP contribution in [0.25, 0.3) is 0 Å². The molecule has 76 valence electrons. The molecule has 0 aliphatic carbocycles. The zero-order chi connectivity index (χ0) is 11.4. The van der Waals surface area contributed by atoms with Crippen LogP contribution in [0.1, 0.15) is 20.7 Å². The first-order chi connectivity index (χ1) is 7.06. The van der Waals surface area contributed by atoms with Gasteiger partial charge in [-0.1, -0.05) is 24.8 Å². The maximum Gasteiger partial charge on any atom is 0.339 e. The molecule has 0 fully saturated rings. The Hall–Kier alpha value is -2.23. The van der Waals surface area contributed by atoms with E-state index in [0.717, 1.165) is 0 Å². The number of rotatable bonds is 4. The zero-order valence-corrected chi connectivity index (χ0v) is 7.77. The Bertz CT molecular complexity index is 446. The van der Waals surface area contributed by atoms with Crippen LogP contribution in [0, 0.1) is 0 Å². The zero-order valence-electron chi connectivity index (χ0n) is 7.77. The highest BCUT2D eigenvalue weighted by molar-refractivity contribution is 6.23. The SMILES string of the molecule is C=C(C(=O)O)C(=O)c1cccc(C=O)c1. The molecule has 0 unspecified atom stereocenters. The lowest BCUT2D eigenvalue weighted by molar-refractivity contribution is -0.132. The highest BCUT2D eigenvalue weighted by Crippen LogP contribution is 2.09. The first kappa shape index (κ1) is 10.8. The van der Waals surface area contributed by atoms with Crippen LogP contribution in [0.2, 0.25) is 0 Å². The number of ketones is 1. The molecule has 1 aromatic rings. The van der Waals surface area contributed by atoms with Crippen LogP contribution in [0.4, 0.5) is 0 Å². The lowest BCUT2D eigenvalue weighted by Gasteiger charge is -2.00. The molecule has 0 saturated carbocycles. The van der Waals surface area contributed by atoms with Gasteiger partial charge < -0.3 is 5.11 Å². The van der Waals surface area contributed by atoms with Gasteiger partial charge >= 0.3 is 5.97 Å². The van der Waals surface area contributed by atoms with E-state index in [0.29, 0.717) is 11.8 Å². The summed E-state index contributed by atoms with van der Waals surface area (Å²) < 4.78 is 0. The fraction of sp³-hybridized carbons (Fsp3) is 0. The smallest absolute Gasteiger partial charge is 0.339 e. The maximum absolute atomic E-state index is 11.5. The minimum atomic E-state index is -1.36. The predicted molar refractivity (Wildman–Crippen MR) is 52.9 cm³/mol. The molecule has 0 saturated heterocycles. The molecule has 0 amide bonds. The van der Waals surface area contributed by atoms with Crippen molar-refractivity contribution in [3.05, 3.63) is 47.5 Å². The third kappa shape index (κ3) is 2.37. The molecule has 0 aromatic heterocycles. The van der Waals surface area contributed by atoms with Crippen molar-refractivity contribution < 1.29 is 19.5 Å². The van der Waals surface area contributed by atoms with E-state index in [1.165, 1.54) is 24.3 Å². The molecule has 1 rings (SSSR count). The van der Waals surface area contributed by atoms with Gasteiger partial charge in [0.15, 0.2) is 5.78 Å². The van der Waals surface area contributed by atoms with Crippen molar-refractivity contribution in [1.29, 1.82) is 0 Å². The number of hydrogen-bond acceptors (Lipinski definition) is 3. The molecule has 0 radical (unpaired) electrons. The Morgan fingerprint density at radius 1 is 1.33 bits per heavy atom. The number of Topliss-reactive ketones (excluding diaryl/α,β-unsaturated/α-hetero) is 1. The Morgan fingerprint density at radius 2 is 2.00 bits per heavy atom. The first-order valence-corrected chi connectivity index (χ1v) is 4.08. The molecule has 0 atom stereocenters. The number of aldehydes is 1. The van der Waals surface area contributed by atoms with E-state index >= 15 is 0 Å². The van der Waals surface area contributed by atoms with E-state index in [9.17, 15) is 14.4 Å². The van der Waals surface area contributed by atoms with Gasteiger partial charge in [-0.05, 0) is 6.07 Å². The largest absolute Gasteiger partial charge is 0.478 e. The molecule has 4 nitrogen and oxygen atoms in total. The number of aliphatic carboxylic acids is 1. The molecule has 0 aliphatic rings. The second-order valence-electron chi connectivity index (χ2n) is 2.86. The lowest BCUT2D eigenvalue weighted by Crippen LogP contribution is -2.11. The van der Waals surface area contributed by atoms with Gasteiger partial charge in [0.2, 0.25) is 0 Å². The van der Waals surface area contributed by atoms with Crippen LogP contribution in [0.3, 0.4) is 0 Å². The molecule has 4 heteroatoms. The van der Waals surface area contributed by atoms with Crippen molar-refractivity contribution in [3.63, 3.8) is 0 Å². The van der Waals surface area contributed by atoms with Crippen LogP contribution < -0.4 is 0 Å². The van der Waals surface area contributed by atoms with Gasteiger partial charge in [-0.15, -0.1) is 0 Å². The Kier molecular flexibility index (Phi) is 3.13. The summed E-state index contributed by atoms with van der Waals surface area (Å²) in [5.74, 6) is -2.05. The van der Waals surface area contributed by atoms with Gasteiger partial charge in [-0.2, -0.15) is 0 Å². The van der Waals surface area contributed by atoms with E-state index in [1.807, 2.05) is 0 Å². The highest BCUT2D eigenvalue weighted by atomic mass is 16.4. The minimum Gasteiger partial charge on any atom is -0.478 e. The normalized spacial score (nSPS) is 9.33. The van der Waals surface area contributed by atoms with Crippen molar-refractivity contribution in [2.75, 3.05) is 0 Å². The van der Waals surface area contributed by atoms with E-state index in [4.69, 9.17) is 5.11 Å². The average molecular weight is 204 g/mol. The minimum absolute atomic E-state index is 0.145. The highest BCUT2D eigenvalue weighted by Gasteiger charge is 2.16. The summed E-state index contributed by atoms with van der Waals surface area (Å²) >= 11 is 0. The summed E-state index contributed by atoms with van der Waals surface area (Å²) in [6.45, 7) is 3.15. The topological polar surface area (TPSA) is 71.4 Å². The van der Waals surface area contributed by atoms with Crippen molar-refractivity contribution in [2.24, 2.45) is 0 Å². The van der Waals surface area contributed by atoms with Gasteiger partial charge in [0, 0.05) is 11.1 Å². The Labute approximate surface area is 85.8 Å². The molecule has 15 heavy (non-hydrogen) atoms. The van der Waals surface area contributed by atoms with E-state index in [2.05, 4.69) is 6.58 Å². The summed E-state index contributed by atoms with van der Waals surface area (Å²) in [5, 5.41) is 8.55. The maximum atomic E-state index is 11.5. The van der Waals surface area contributed by atoms with Crippen LogP contribution in [-0.4, -0.2) is 23.1 Å². The summed E-state index contributed by atoms with van der Waals surface area (Å²) in [5.41, 5.74) is -0.0518. The quantitative estimate of drug-likeness (QED) is 0.264. The standard InChI is InChI=1S/C11H8O4/c1-7(11(14)15)10(13)9-4-2-3-8(5-9)6-12/h2-6H,1H2,(H,14,15). The molecule has 0 heterocycles. The fourth-order valence-electron chi connectivity index (χ4n) is 1.02. The van der Waals surface area contributed by atoms with Crippen LogP contribution in [0.15, 0.2) is 36.4 Å². The van der Waals surface area contributed by atoms with Gasteiger partial charge in [0.25, 0.3) is 0 Å². The van der Waals surface area contributed by atoms with E-state index in [-0.39, 0.29) is 5.56 Å². The molecular formula is C11H8O4. The molecule has 0 spiro atoms. The van der Waals surface area contributed by atoms with Crippen LogP contribution in [0.5, 0.6) is 0 Å². The predicted octanol–water partition coefficient (Wildman–Crippen LogP) is 1.32. The molecule has 0 aliphatic heterocycles. The lowest BCUT2D eigenvalue weighted by atomic mass is 10.0. The van der Waals surface area contributed by atoms with E-state index < -0.39 is 17.3 Å². The number of benzene rings is 1. The summed E-state index contributed by atoms with van der Waals surface area (Å²) in [7, 11) is 0. The van der Waals surface area contributed by atoms with Gasteiger partial charge in [0.05, 0.1) is 0 Å². The molecule has 1 aromatic carbocycles. The summed E-state index contributed by atoms with van der Waals surface area (Å²) in [6.07, 6.45) is 0.584. The first-order valence-electron chi connectivity index (χ1n) is 4.08. The number of carboxylic acid groups (broad SMARTS) is 1. The second kappa shape index (κ2) is 4.32. The van der Waals surface area contributed by atoms with Crippen molar-refractivity contribution in [2.45, 2.75) is 0 Å². The monoisotopic (exact) mass is 204 g/mol. The molecular weight excluding hydrogens is 196 g/mol. The number of carbonyl (C=O) groups excluding carboxylic acids is 2. The van der Waals surface area contributed by atoms with Gasteiger partial charge in [-0.3, -0.25) is 9.59 Å². The number of hydrogen-bond donors (Lipinski definition) is 1. The average Bonchev–Trinajstić information content (AvgIpc) is 2.27. The summed E-state index contributed by atoms with van der Waals surface area (Å²) in [4.78, 5) is 32.4. The Balaban J connectivity index is 3.06. The van der Waals surface area contributed by atoms with Crippen molar-refractivity contribution in [3.8, 4) is 0 Å². The van der Waals surface area contributed by atoms with Gasteiger partial charge in [0.1, 0.15) is 11.9 Å². The van der Waals surface area contributed by atoms with Gasteiger partial charge in [-0.25, -0.2) is 4.79 Å². The second-order valence-corrected chi connectivity index (χ2v) is 2.86. The third-order valence-corrected chi connectivity index (χ3v) is 1.82. The van der Waals surface area contributed by atoms with Crippen molar-refractivity contribution in [1.82, 2.24) is 0 Å². The molecule has 0 bridgehead atoms. The molecule has 1 N–H and O–H groups in total.